The quantitative estimate of drug-likeness (QED) is 0.530. The Labute approximate surface area is 180 Å². The molecule has 4 aromatic rings. The van der Waals surface area contributed by atoms with Crippen molar-refractivity contribution in [1.82, 2.24) is 34.5 Å². The van der Waals surface area contributed by atoms with E-state index < -0.39 is 0 Å². The molecule has 4 heterocycles. The van der Waals surface area contributed by atoms with Gasteiger partial charge < -0.3 is 10.1 Å². The molecule has 4 aromatic heterocycles. The highest BCUT2D eigenvalue weighted by atomic mass is 16.5. The summed E-state index contributed by atoms with van der Waals surface area (Å²) < 4.78 is 10.1. The molecule has 31 heavy (non-hydrogen) atoms. The molecule has 1 N–H and O–H groups in total. The monoisotopic (exact) mass is 418 g/mol. The number of aryl methyl sites for hydroxylation is 2. The van der Waals surface area contributed by atoms with Crippen molar-refractivity contribution in [3.63, 3.8) is 0 Å². The summed E-state index contributed by atoms with van der Waals surface area (Å²) in [6, 6.07) is 4.22. The van der Waals surface area contributed by atoms with Crippen molar-refractivity contribution in [3.8, 4) is 17.1 Å². The molecule has 1 aliphatic carbocycles. The molecule has 9 heteroatoms. The Balaban J connectivity index is 1.41. The zero-order chi connectivity index (χ0) is 21.4. The number of nitrogens with one attached hydrogen (secondary N) is 1. The highest BCUT2D eigenvalue weighted by Crippen LogP contribution is 2.36. The van der Waals surface area contributed by atoms with Gasteiger partial charge in [-0.3, -0.25) is 9.36 Å². The maximum atomic E-state index is 6.11. The minimum absolute atomic E-state index is 0.166. The molecule has 0 radical (unpaired) electrons. The summed E-state index contributed by atoms with van der Waals surface area (Å²) >= 11 is 0. The van der Waals surface area contributed by atoms with E-state index >= 15 is 0 Å². The summed E-state index contributed by atoms with van der Waals surface area (Å²) in [4.78, 5) is 13.0. The zero-order valence-electron chi connectivity index (χ0n) is 18.0. The summed E-state index contributed by atoms with van der Waals surface area (Å²) in [7, 11) is 3.80. The third-order valence-corrected chi connectivity index (χ3v) is 5.85. The fourth-order valence-electron chi connectivity index (χ4n) is 4.28. The lowest BCUT2D eigenvalue weighted by atomic mass is 9.93. The lowest BCUT2D eigenvalue weighted by molar-refractivity contribution is 0.125. The van der Waals surface area contributed by atoms with Gasteiger partial charge in [0, 0.05) is 55.8 Å². The second-order valence-corrected chi connectivity index (χ2v) is 8.02. The number of rotatable bonds is 5. The molecule has 1 saturated carbocycles. The first-order valence-electron chi connectivity index (χ1n) is 10.6. The molecule has 160 valence electrons. The fraction of sp³-hybridized carbons (Fsp3) is 0.409. The van der Waals surface area contributed by atoms with Gasteiger partial charge in [-0.25, -0.2) is 9.97 Å². The molecular formula is C22H26N8O. The minimum Gasteiger partial charge on any atom is -0.474 e. The molecule has 0 spiro atoms. The Hall–Kier alpha value is -3.49. The van der Waals surface area contributed by atoms with Crippen molar-refractivity contribution in [2.24, 2.45) is 7.05 Å². The minimum atomic E-state index is 0.166. The predicted molar refractivity (Wildman–Crippen MR) is 118 cm³/mol. The number of hydrogen-bond acceptors (Lipinski definition) is 7. The number of fused-ring (bicyclic) bond motifs is 1. The van der Waals surface area contributed by atoms with Crippen molar-refractivity contribution in [1.29, 1.82) is 0 Å². The van der Waals surface area contributed by atoms with E-state index in [-0.39, 0.29) is 6.10 Å². The van der Waals surface area contributed by atoms with Crippen LogP contribution < -0.4 is 10.1 Å². The highest BCUT2D eigenvalue weighted by molar-refractivity contribution is 5.93. The average Bonchev–Trinajstić information content (AvgIpc) is 3.37. The molecule has 0 saturated heterocycles. The van der Waals surface area contributed by atoms with Gasteiger partial charge in [0.25, 0.3) is 0 Å². The van der Waals surface area contributed by atoms with Gasteiger partial charge in [0.15, 0.2) is 0 Å². The van der Waals surface area contributed by atoms with Crippen molar-refractivity contribution >= 4 is 16.7 Å². The van der Waals surface area contributed by atoms with E-state index in [0.29, 0.717) is 11.9 Å². The number of anilines is 1. The van der Waals surface area contributed by atoms with Crippen LogP contribution in [-0.4, -0.2) is 47.7 Å². The van der Waals surface area contributed by atoms with Crippen LogP contribution in [0.2, 0.25) is 0 Å². The van der Waals surface area contributed by atoms with Gasteiger partial charge in [0.05, 0.1) is 17.8 Å². The molecule has 9 nitrogen and oxygen atoms in total. The van der Waals surface area contributed by atoms with E-state index in [1.165, 1.54) is 0 Å². The van der Waals surface area contributed by atoms with Crippen molar-refractivity contribution in [2.75, 3.05) is 12.4 Å². The van der Waals surface area contributed by atoms with Crippen LogP contribution in [0.15, 0.2) is 36.9 Å². The van der Waals surface area contributed by atoms with Gasteiger partial charge in [-0.2, -0.15) is 15.2 Å². The van der Waals surface area contributed by atoms with Gasteiger partial charge in [0.1, 0.15) is 23.4 Å². The van der Waals surface area contributed by atoms with Gasteiger partial charge in [0.2, 0.25) is 5.88 Å². The average molecular weight is 419 g/mol. The standard InChI is InChI=1S/C22H26N8O/c1-14-24-9-8-21(27-14)31-17-6-4-16(5-7-17)30-19-10-20(23-2)25-12-18(19)22(28-30)15-11-26-29(3)13-15/h8-13,16-17H,4-7H2,1-3H3,(H,23,25). The summed E-state index contributed by atoms with van der Waals surface area (Å²) in [6.45, 7) is 1.88. The molecule has 0 aromatic carbocycles. The van der Waals surface area contributed by atoms with E-state index in [1.54, 1.807) is 10.9 Å². The summed E-state index contributed by atoms with van der Waals surface area (Å²) in [5.74, 6) is 2.22. The van der Waals surface area contributed by atoms with Crippen LogP contribution in [0, 0.1) is 6.92 Å². The lowest BCUT2D eigenvalue weighted by Gasteiger charge is -2.29. The Morgan fingerprint density at radius 2 is 1.97 bits per heavy atom. The van der Waals surface area contributed by atoms with E-state index in [0.717, 1.165) is 59.5 Å². The maximum absolute atomic E-state index is 6.11. The van der Waals surface area contributed by atoms with E-state index in [4.69, 9.17) is 9.84 Å². The van der Waals surface area contributed by atoms with Gasteiger partial charge >= 0.3 is 0 Å². The van der Waals surface area contributed by atoms with Crippen molar-refractivity contribution in [3.05, 3.63) is 42.7 Å². The van der Waals surface area contributed by atoms with Crippen LogP contribution in [-0.2, 0) is 7.05 Å². The molecule has 1 fully saturated rings. The van der Waals surface area contributed by atoms with Gasteiger partial charge in [-0.05, 0) is 32.6 Å². The first-order chi connectivity index (χ1) is 15.1. The normalized spacial score (nSPS) is 18.9. The van der Waals surface area contributed by atoms with E-state index in [2.05, 4.69) is 36.1 Å². The van der Waals surface area contributed by atoms with Gasteiger partial charge in [-0.15, -0.1) is 0 Å². The zero-order valence-corrected chi connectivity index (χ0v) is 18.0. The second kappa shape index (κ2) is 7.98. The van der Waals surface area contributed by atoms with Crippen molar-refractivity contribution < 1.29 is 4.74 Å². The third-order valence-electron chi connectivity index (χ3n) is 5.85. The Kier molecular flexibility index (Phi) is 5.01. The first kappa shape index (κ1) is 19.5. The van der Waals surface area contributed by atoms with Crippen LogP contribution in [0.25, 0.3) is 22.2 Å². The number of nitrogens with zero attached hydrogens (tertiary/aromatic N) is 7. The molecule has 1 aliphatic rings. The molecule has 0 amide bonds. The smallest absolute Gasteiger partial charge is 0.216 e. The number of hydrogen-bond donors (Lipinski definition) is 1. The van der Waals surface area contributed by atoms with E-state index in [9.17, 15) is 0 Å². The molecule has 5 rings (SSSR count). The van der Waals surface area contributed by atoms with Crippen LogP contribution in [0.4, 0.5) is 5.82 Å². The van der Waals surface area contributed by atoms with Crippen LogP contribution in [0.1, 0.15) is 37.5 Å². The fourth-order valence-corrected chi connectivity index (χ4v) is 4.28. The summed E-state index contributed by atoms with van der Waals surface area (Å²) in [5, 5.41) is 13.5. The molecule has 0 unspecified atom stereocenters. The number of ether oxygens (including phenoxy) is 1. The summed E-state index contributed by atoms with van der Waals surface area (Å²) in [6.07, 6.45) is 11.6. The Bertz CT molecular complexity index is 1210. The van der Waals surface area contributed by atoms with E-state index in [1.807, 2.05) is 45.7 Å². The largest absolute Gasteiger partial charge is 0.474 e. The predicted octanol–water partition coefficient (Wildman–Crippen LogP) is 3.53. The summed E-state index contributed by atoms with van der Waals surface area (Å²) in [5.41, 5.74) is 3.02. The van der Waals surface area contributed by atoms with Crippen molar-refractivity contribution in [2.45, 2.75) is 44.8 Å². The molecule has 0 aliphatic heterocycles. The first-order valence-corrected chi connectivity index (χ1v) is 10.6. The van der Waals surface area contributed by atoms with Gasteiger partial charge in [-0.1, -0.05) is 0 Å². The molecule has 0 bridgehead atoms. The Morgan fingerprint density at radius 1 is 1.13 bits per heavy atom. The SMILES string of the molecule is CNc1cc2c(cn1)c(-c1cnn(C)c1)nn2C1CCC(Oc2ccnc(C)n2)CC1. The topological polar surface area (TPSA) is 95.6 Å². The van der Waals surface area contributed by atoms with Crippen LogP contribution >= 0.6 is 0 Å². The third kappa shape index (κ3) is 3.83. The number of pyridine rings is 1. The maximum Gasteiger partial charge on any atom is 0.216 e. The number of aromatic nitrogens is 7. The highest BCUT2D eigenvalue weighted by Gasteiger charge is 2.27. The molecule has 0 atom stereocenters. The van der Waals surface area contributed by atoms with Crippen LogP contribution in [0.3, 0.4) is 0 Å². The van der Waals surface area contributed by atoms with Crippen LogP contribution in [0.5, 0.6) is 5.88 Å². The molecular weight excluding hydrogens is 392 g/mol. The lowest BCUT2D eigenvalue weighted by Crippen LogP contribution is -2.26. The Morgan fingerprint density at radius 3 is 2.68 bits per heavy atom. The second-order valence-electron chi connectivity index (χ2n) is 8.02.